The summed E-state index contributed by atoms with van der Waals surface area (Å²) in [5.74, 6) is -0.387. The maximum absolute atomic E-state index is 11.7. The standard InChI is InChI=1S/C17H18ClN3O4S/c1-3-4-7-25-13-6-5-12(18)8-11(13)10-19-21-17-20-16(23)14(26-17)9-15(22)24-2/h5-6,8-10H,3-4,7H2,1-2H3,(H,20,21,23)/b14-9+,19-10?. The molecule has 138 valence electrons. The number of methoxy groups -OCH3 is 1. The topological polar surface area (TPSA) is 89.4 Å². The number of ether oxygens (including phenoxy) is 2. The molecule has 1 heterocycles. The number of nitrogens with zero attached hydrogens (tertiary/aromatic N) is 2. The van der Waals surface area contributed by atoms with Crippen LogP contribution in [0, 0.1) is 0 Å². The van der Waals surface area contributed by atoms with E-state index in [1.54, 1.807) is 18.2 Å². The van der Waals surface area contributed by atoms with Gasteiger partial charge in [-0.25, -0.2) is 4.79 Å². The Hall–Kier alpha value is -2.32. The second-order valence-corrected chi connectivity index (χ2v) is 6.59. The number of carbonyl (C=O) groups excluding carboxylic acids is 2. The van der Waals surface area contributed by atoms with Gasteiger partial charge in [-0.05, 0) is 36.4 Å². The Bertz CT molecular complexity index is 777. The monoisotopic (exact) mass is 395 g/mol. The number of unbranched alkanes of at least 4 members (excludes halogenated alkanes) is 1. The van der Waals surface area contributed by atoms with Crippen molar-refractivity contribution < 1.29 is 19.1 Å². The zero-order chi connectivity index (χ0) is 18.9. The molecule has 1 N–H and O–H groups in total. The third kappa shape index (κ3) is 5.89. The van der Waals surface area contributed by atoms with Crippen LogP contribution in [0.25, 0.3) is 0 Å². The highest BCUT2D eigenvalue weighted by molar-refractivity contribution is 8.18. The molecule has 0 spiro atoms. The summed E-state index contributed by atoms with van der Waals surface area (Å²) >= 11 is 7.02. The highest BCUT2D eigenvalue weighted by Crippen LogP contribution is 2.24. The van der Waals surface area contributed by atoms with Crippen LogP contribution in [0.3, 0.4) is 0 Å². The Balaban J connectivity index is 2.09. The smallest absolute Gasteiger partial charge is 0.331 e. The summed E-state index contributed by atoms with van der Waals surface area (Å²) in [5, 5.41) is 11.2. The van der Waals surface area contributed by atoms with Crippen molar-refractivity contribution in [3.63, 3.8) is 0 Å². The van der Waals surface area contributed by atoms with E-state index in [0.29, 0.717) is 22.9 Å². The Kier molecular flexibility index (Phi) is 7.68. The lowest BCUT2D eigenvalue weighted by Gasteiger charge is -2.08. The summed E-state index contributed by atoms with van der Waals surface area (Å²) in [6, 6.07) is 5.23. The van der Waals surface area contributed by atoms with Crippen molar-refractivity contribution in [2.75, 3.05) is 13.7 Å². The first kappa shape index (κ1) is 20.0. The van der Waals surface area contributed by atoms with E-state index in [1.807, 2.05) is 0 Å². The molecule has 0 bridgehead atoms. The van der Waals surface area contributed by atoms with Crippen LogP contribution in [0.2, 0.25) is 5.02 Å². The molecule has 1 amide bonds. The van der Waals surface area contributed by atoms with Crippen LogP contribution in [0.4, 0.5) is 0 Å². The molecule has 0 aliphatic carbocycles. The van der Waals surface area contributed by atoms with Crippen molar-refractivity contribution in [2.24, 2.45) is 10.2 Å². The van der Waals surface area contributed by atoms with E-state index in [0.717, 1.165) is 30.7 Å². The van der Waals surface area contributed by atoms with Gasteiger partial charge in [0.15, 0.2) is 5.17 Å². The Labute approximate surface area is 160 Å². The van der Waals surface area contributed by atoms with Crippen LogP contribution in [-0.4, -0.2) is 37.0 Å². The van der Waals surface area contributed by atoms with E-state index in [9.17, 15) is 9.59 Å². The van der Waals surface area contributed by atoms with Crippen molar-refractivity contribution in [1.82, 2.24) is 5.32 Å². The van der Waals surface area contributed by atoms with E-state index in [-0.39, 0.29) is 10.1 Å². The van der Waals surface area contributed by atoms with Crippen LogP contribution in [-0.2, 0) is 14.3 Å². The fraction of sp³-hybridized carbons (Fsp3) is 0.294. The van der Waals surface area contributed by atoms with Crippen LogP contribution in [0.5, 0.6) is 5.75 Å². The first-order valence-electron chi connectivity index (χ1n) is 7.85. The summed E-state index contributed by atoms with van der Waals surface area (Å²) in [4.78, 5) is 23.1. The lowest BCUT2D eigenvalue weighted by molar-refractivity contribution is -0.135. The first-order valence-corrected chi connectivity index (χ1v) is 9.05. The predicted octanol–water partition coefficient (Wildman–Crippen LogP) is 3.13. The highest BCUT2D eigenvalue weighted by atomic mass is 35.5. The fourth-order valence-corrected chi connectivity index (χ4v) is 2.78. The van der Waals surface area contributed by atoms with Crippen LogP contribution in [0.15, 0.2) is 39.4 Å². The Morgan fingerprint density at radius 3 is 2.96 bits per heavy atom. The molecule has 0 unspecified atom stereocenters. The maximum atomic E-state index is 11.7. The number of halogens is 1. The number of hydrogen-bond acceptors (Lipinski definition) is 7. The molecule has 7 nitrogen and oxygen atoms in total. The molecule has 0 saturated carbocycles. The quantitative estimate of drug-likeness (QED) is 0.252. The van der Waals surface area contributed by atoms with E-state index in [4.69, 9.17) is 16.3 Å². The van der Waals surface area contributed by atoms with E-state index < -0.39 is 11.9 Å². The number of thioether (sulfide) groups is 1. The predicted molar refractivity (Wildman–Crippen MR) is 103 cm³/mol. The van der Waals surface area contributed by atoms with Gasteiger partial charge in [0.05, 0.1) is 24.8 Å². The number of rotatable bonds is 7. The molecule has 0 atom stereocenters. The minimum absolute atomic E-state index is 0.192. The molecule has 9 heteroatoms. The summed E-state index contributed by atoms with van der Waals surface area (Å²) < 4.78 is 10.2. The minimum Gasteiger partial charge on any atom is -0.493 e. The van der Waals surface area contributed by atoms with Crippen molar-refractivity contribution in [3.05, 3.63) is 39.8 Å². The zero-order valence-corrected chi connectivity index (χ0v) is 15.9. The molecule has 0 aromatic heterocycles. The highest BCUT2D eigenvalue weighted by Gasteiger charge is 2.25. The Morgan fingerprint density at radius 1 is 1.42 bits per heavy atom. The van der Waals surface area contributed by atoms with Gasteiger partial charge in [0.1, 0.15) is 5.75 Å². The fourth-order valence-electron chi connectivity index (χ4n) is 1.86. The van der Waals surface area contributed by atoms with Crippen molar-refractivity contribution in [1.29, 1.82) is 0 Å². The largest absolute Gasteiger partial charge is 0.493 e. The third-order valence-electron chi connectivity index (χ3n) is 3.17. The van der Waals surface area contributed by atoms with E-state index in [2.05, 4.69) is 27.2 Å². The van der Waals surface area contributed by atoms with Crippen LogP contribution < -0.4 is 10.1 Å². The summed E-state index contributed by atoms with van der Waals surface area (Å²) in [7, 11) is 1.24. The average Bonchev–Trinajstić information content (AvgIpc) is 2.96. The lowest BCUT2D eigenvalue weighted by Crippen LogP contribution is -2.19. The molecular weight excluding hydrogens is 378 g/mol. The molecular formula is C17H18ClN3O4S. The van der Waals surface area contributed by atoms with E-state index in [1.165, 1.54) is 13.3 Å². The number of nitrogens with one attached hydrogen (secondary N) is 1. The normalized spacial score (nSPS) is 17.1. The number of amides is 1. The minimum atomic E-state index is -0.611. The maximum Gasteiger partial charge on any atom is 0.331 e. The lowest BCUT2D eigenvalue weighted by atomic mass is 10.2. The van der Waals surface area contributed by atoms with Gasteiger partial charge in [0.25, 0.3) is 5.91 Å². The molecule has 1 saturated heterocycles. The van der Waals surface area contributed by atoms with Crippen molar-refractivity contribution in [3.8, 4) is 5.75 Å². The molecule has 1 aromatic rings. The number of carbonyl (C=O) groups is 2. The zero-order valence-electron chi connectivity index (χ0n) is 14.3. The third-order valence-corrected chi connectivity index (χ3v) is 4.31. The summed E-state index contributed by atoms with van der Waals surface area (Å²) in [5.41, 5.74) is 0.678. The summed E-state index contributed by atoms with van der Waals surface area (Å²) in [6.07, 6.45) is 4.57. The molecule has 1 aliphatic heterocycles. The van der Waals surface area contributed by atoms with Gasteiger partial charge >= 0.3 is 5.97 Å². The van der Waals surface area contributed by atoms with Gasteiger partial charge in [-0.3, -0.25) is 10.1 Å². The van der Waals surface area contributed by atoms with Gasteiger partial charge in [0.2, 0.25) is 0 Å². The number of esters is 1. The number of amidine groups is 1. The molecule has 1 aromatic carbocycles. The number of hydrogen-bond donors (Lipinski definition) is 1. The Morgan fingerprint density at radius 2 is 2.23 bits per heavy atom. The van der Waals surface area contributed by atoms with Crippen molar-refractivity contribution >= 4 is 46.6 Å². The molecule has 0 radical (unpaired) electrons. The van der Waals surface area contributed by atoms with Crippen LogP contribution >= 0.6 is 23.4 Å². The number of benzene rings is 1. The molecule has 2 rings (SSSR count). The molecule has 1 fully saturated rings. The van der Waals surface area contributed by atoms with Crippen LogP contribution in [0.1, 0.15) is 25.3 Å². The first-order chi connectivity index (χ1) is 12.5. The van der Waals surface area contributed by atoms with Crippen molar-refractivity contribution in [2.45, 2.75) is 19.8 Å². The molecule has 1 aliphatic rings. The summed E-state index contributed by atoms with van der Waals surface area (Å²) in [6.45, 7) is 2.68. The molecule has 26 heavy (non-hydrogen) atoms. The van der Waals surface area contributed by atoms with E-state index >= 15 is 0 Å². The SMILES string of the molecule is CCCCOc1ccc(Cl)cc1C=N/N=C1/NC(=O)/C(=C\C(=O)OC)S1. The van der Waals surface area contributed by atoms with Gasteiger partial charge in [-0.2, -0.15) is 5.10 Å². The second kappa shape index (κ2) is 9.98. The second-order valence-electron chi connectivity index (χ2n) is 5.12. The van der Waals surface area contributed by atoms with Gasteiger partial charge in [-0.15, -0.1) is 5.10 Å². The average molecular weight is 396 g/mol. The van der Waals surface area contributed by atoms with Gasteiger partial charge in [0, 0.05) is 16.7 Å². The van der Waals surface area contributed by atoms with Gasteiger partial charge in [-0.1, -0.05) is 24.9 Å². The van der Waals surface area contributed by atoms with Gasteiger partial charge < -0.3 is 9.47 Å².